The Bertz CT molecular complexity index is 899. The number of carbonyl (C=O) groups is 2. The fraction of sp³-hybridized carbons (Fsp3) is 0.435. The summed E-state index contributed by atoms with van der Waals surface area (Å²) in [4.78, 5) is 34.4. The van der Waals surface area contributed by atoms with Crippen LogP contribution in [-0.4, -0.2) is 52.8 Å². The molecule has 0 N–H and O–H groups in total. The quantitative estimate of drug-likeness (QED) is 0.756. The summed E-state index contributed by atoms with van der Waals surface area (Å²) >= 11 is 5.93. The van der Waals surface area contributed by atoms with E-state index < -0.39 is 0 Å². The molecule has 29 heavy (non-hydrogen) atoms. The van der Waals surface area contributed by atoms with Crippen LogP contribution in [0.15, 0.2) is 36.4 Å². The van der Waals surface area contributed by atoms with Gasteiger partial charge >= 0.3 is 0 Å². The summed E-state index contributed by atoms with van der Waals surface area (Å²) in [6, 6.07) is 10.9. The van der Waals surface area contributed by atoms with E-state index in [4.69, 9.17) is 16.6 Å². The molecule has 2 fully saturated rings. The molecule has 152 valence electrons. The first-order chi connectivity index (χ1) is 14.0. The van der Waals surface area contributed by atoms with E-state index in [0.29, 0.717) is 23.7 Å². The van der Waals surface area contributed by atoms with Crippen molar-refractivity contribution in [2.45, 2.75) is 38.5 Å². The summed E-state index contributed by atoms with van der Waals surface area (Å²) in [5, 5.41) is 0.626. The Labute approximate surface area is 176 Å². The third kappa shape index (κ3) is 4.30. The van der Waals surface area contributed by atoms with Crippen molar-refractivity contribution in [2.24, 2.45) is 0 Å². The van der Waals surface area contributed by atoms with Crippen LogP contribution in [0.2, 0.25) is 5.02 Å². The Morgan fingerprint density at radius 2 is 1.52 bits per heavy atom. The molecule has 0 saturated carbocycles. The monoisotopic (exact) mass is 411 g/mol. The van der Waals surface area contributed by atoms with Crippen LogP contribution in [0.1, 0.15) is 63.7 Å². The summed E-state index contributed by atoms with van der Waals surface area (Å²) in [7, 11) is 0. The van der Waals surface area contributed by atoms with Crippen LogP contribution in [-0.2, 0) is 0 Å². The van der Waals surface area contributed by atoms with Gasteiger partial charge in [0, 0.05) is 48.4 Å². The summed E-state index contributed by atoms with van der Waals surface area (Å²) < 4.78 is 0. The summed E-state index contributed by atoms with van der Waals surface area (Å²) in [5.41, 5.74) is 3.23. The minimum atomic E-state index is 0.0330. The highest BCUT2D eigenvalue weighted by molar-refractivity contribution is 6.30. The summed E-state index contributed by atoms with van der Waals surface area (Å²) in [6.45, 7) is 4.96. The SMILES string of the molecule is Cc1ccc(C(=O)N2CCCC2)c(C2CCN(C(=O)c3ccc(Cl)cc3)CC2)n1. The Morgan fingerprint density at radius 1 is 0.897 bits per heavy atom. The predicted molar refractivity (Wildman–Crippen MR) is 113 cm³/mol. The Morgan fingerprint density at radius 3 is 2.17 bits per heavy atom. The van der Waals surface area contributed by atoms with Crippen molar-refractivity contribution < 1.29 is 9.59 Å². The van der Waals surface area contributed by atoms with Crippen LogP contribution in [0.25, 0.3) is 0 Å². The molecule has 2 amide bonds. The topological polar surface area (TPSA) is 53.5 Å². The van der Waals surface area contributed by atoms with Gasteiger partial charge in [0.2, 0.25) is 0 Å². The molecule has 3 heterocycles. The average Bonchev–Trinajstić information content (AvgIpc) is 3.28. The first-order valence-corrected chi connectivity index (χ1v) is 10.7. The fourth-order valence-electron chi connectivity index (χ4n) is 4.29. The number of amides is 2. The Balaban J connectivity index is 1.48. The molecular weight excluding hydrogens is 386 g/mol. The van der Waals surface area contributed by atoms with E-state index in [1.165, 1.54) is 0 Å². The standard InChI is InChI=1S/C23H26ClN3O2/c1-16-4-9-20(23(29)26-12-2-3-13-26)21(25-16)17-10-14-27(15-11-17)22(28)18-5-7-19(24)8-6-18/h4-9,17H,2-3,10-15H2,1H3. The molecule has 2 saturated heterocycles. The lowest BCUT2D eigenvalue weighted by molar-refractivity contribution is 0.0707. The first kappa shape index (κ1) is 19.9. The van der Waals surface area contributed by atoms with E-state index in [9.17, 15) is 9.59 Å². The van der Waals surface area contributed by atoms with Gasteiger partial charge in [-0.3, -0.25) is 14.6 Å². The molecule has 1 aromatic carbocycles. The minimum Gasteiger partial charge on any atom is -0.339 e. The third-order valence-corrected chi connectivity index (χ3v) is 6.20. The molecular formula is C23H26ClN3O2. The molecule has 2 aliphatic heterocycles. The number of carbonyl (C=O) groups excluding carboxylic acids is 2. The van der Waals surface area contributed by atoms with Crippen molar-refractivity contribution in [3.63, 3.8) is 0 Å². The van der Waals surface area contributed by atoms with Crippen molar-refractivity contribution in [1.82, 2.24) is 14.8 Å². The van der Waals surface area contributed by atoms with Crippen LogP contribution in [0.5, 0.6) is 0 Å². The number of benzene rings is 1. The molecule has 0 bridgehead atoms. The van der Waals surface area contributed by atoms with Crippen LogP contribution in [0, 0.1) is 6.92 Å². The summed E-state index contributed by atoms with van der Waals surface area (Å²) in [5.74, 6) is 0.334. The number of halogens is 1. The lowest BCUT2D eigenvalue weighted by Crippen LogP contribution is -2.38. The highest BCUT2D eigenvalue weighted by Crippen LogP contribution is 2.31. The number of hydrogen-bond acceptors (Lipinski definition) is 3. The zero-order valence-electron chi connectivity index (χ0n) is 16.7. The van der Waals surface area contributed by atoms with Gasteiger partial charge in [0.15, 0.2) is 0 Å². The van der Waals surface area contributed by atoms with Gasteiger partial charge in [-0.15, -0.1) is 0 Å². The second-order valence-electron chi connectivity index (χ2n) is 7.96. The van der Waals surface area contributed by atoms with Gasteiger partial charge in [-0.25, -0.2) is 0 Å². The van der Waals surface area contributed by atoms with Gasteiger partial charge in [0.05, 0.1) is 11.3 Å². The van der Waals surface area contributed by atoms with Crippen molar-refractivity contribution in [3.8, 4) is 0 Å². The molecule has 0 spiro atoms. The molecule has 4 rings (SSSR count). The molecule has 1 aromatic heterocycles. The molecule has 2 aliphatic rings. The number of nitrogens with zero attached hydrogens (tertiary/aromatic N) is 3. The lowest BCUT2D eigenvalue weighted by Gasteiger charge is -2.33. The summed E-state index contributed by atoms with van der Waals surface area (Å²) in [6.07, 6.45) is 3.78. The number of aromatic nitrogens is 1. The second kappa shape index (κ2) is 8.54. The van der Waals surface area contributed by atoms with E-state index in [1.54, 1.807) is 24.3 Å². The van der Waals surface area contributed by atoms with Gasteiger partial charge in [-0.05, 0) is 69.0 Å². The van der Waals surface area contributed by atoms with Gasteiger partial charge in [0.1, 0.15) is 0 Å². The fourth-order valence-corrected chi connectivity index (χ4v) is 4.42. The molecule has 0 atom stereocenters. The van der Waals surface area contributed by atoms with E-state index in [2.05, 4.69) is 0 Å². The maximum absolute atomic E-state index is 13.0. The Hall–Kier alpha value is -2.40. The van der Waals surface area contributed by atoms with Crippen molar-refractivity contribution in [2.75, 3.05) is 26.2 Å². The van der Waals surface area contributed by atoms with Crippen LogP contribution in [0.3, 0.4) is 0 Å². The van der Waals surface area contributed by atoms with Crippen LogP contribution in [0.4, 0.5) is 0 Å². The predicted octanol–water partition coefficient (Wildman–Crippen LogP) is 4.30. The van der Waals surface area contributed by atoms with Gasteiger partial charge in [-0.1, -0.05) is 11.6 Å². The minimum absolute atomic E-state index is 0.0330. The largest absolute Gasteiger partial charge is 0.339 e. The maximum Gasteiger partial charge on any atom is 0.255 e. The van der Waals surface area contributed by atoms with E-state index in [1.807, 2.05) is 28.9 Å². The second-order valence-corrected chi connectivity index (χ2v) is 8.39. The number of aryl methyl sites for hydroxylation is 1. The van der Waals surface area contributed by atoms with Gasteiger partial charge in [0.25, 0.3) is 11.8 Å². The van der Waals surface area contributed by atoms with Gasteiger partial charge in [-0.2, -0.15) is 0 Å². The van der Waals surface area contributed by atoms with Crippen molar-refractivity contribution in [3.05, 3.63) is 63.9 Å². The smallest absolute Gasteiger partial charge is 0.255 e. The van der Waals surface area contributed by atoms with E-state index >= 15 is 0 Å². The first-order valence-electron chi connectivity index (χ1n) is 10.3. The molecule has 0 aliphatic carbocycles. The van der Waals surface area contributed by atoms with E-state index in [-0.39, 0.29) is 17.7 Å². The normalized spacial score (nSPS) is 17.6. The maximum atomic E-state index is 13.0. The molecule has 5 nitrogen and oxygen atoms in total. The molecule has 6 heteroatoms. The van der Waals surface area contributed by atoms with Crippen molar-refractivity contribution in [1.29, 1.82) is 0 Å². The zero-order chi connectivity index (χ0) is 20.4. The lowest BCUT2D eigenvalue weighted by atomic mass is 9.89. The third-order valence-electron chi connectivity index (χ3n) is 5.95. The molecule has 0 unspecified atom stereocenters. The Kier molecular flexibility index (Phi) is 5.86. The average molecular weight is 412 g/mol. The number of likely N-dealkylation sites (tertiary alicyclic amines) is 2. The van der Waals surface area contributed by atoms with E-state index in [0.717, 1.165) is 55.7 Å². The zero-order valence-corrected chi connectivity index (χ0v) is 17.5. The van der Waals surface area contributed by atoms with Gasteiger partial charge < -0.3 is 9.80 Å². The van der Waals surface area contributed by atoms with Crippen molar-refractivity contribution >= 4 is 23.4 Å². The van der Waals surface area contributed by atoms with Crippen LogP contribution < -0.4 is 0 Å². The number of hydrogen-bond donors (Lipinski definition) is 0. The number of piperidine rings is 1. The highest BCUT2D eigenvalue weighted by atomic mass is 35.5. The number of pyridine rings is 1. The molecule has 2 aromatic rings. The van der Waals surface area contributed by atoms with Crippen LogP contribution >= 0.6 is 11.6 Å². The molecule has 0 radical (unpaired) electrons. The highest BCUT2D eigenvalue weighted by Gasteiger charge is 2.30. The number of rotatable bonds is 3.